The summed E-state index contributed by atoms with van der Waals surface area (Å²) < 4.78 is 4.33. The minimum atomic E-state index is -1.45. The number of rotatable bonds is 14. The largest absolute Gasteiger partial charge is 0.480 e. The predicted octanol–water partition coefficient (Wildman–Crippen LogP) is -2.25. The first kappa shape index (κ1) is 27.0. The molecule has 0 saturated heterocycles. The van der Waals surface area contributed by atoms with E-state index in [-0.39, 0.29) is 6.42 Å². The zero-order chi connectivity index (χ0) is 23.1. The van der Waals surface area contributed by atoms with Crippen molar-refractivity contribution in [2.24, 2.45) is 11.5 Å². The van der Waals surface area contributed by atoms with Gasteiger partial charge in [-0.1, -0.05) is 13.3 Å². The van der Waals surface area contributed by atoms with Crippen LogP contribution in [0.4, 0.5) is 0 Å². The number of carbonyl (C=O) groups excluding carboxylic acids is 4. The van der Waals surface area contributed by atoms with Crippen molar-refractivity contribution >= 4 is 29.7 Å². The molecule has 0 aromatic heterocycles. The van der Waals surface area contributed by atoms with E-state index < -0.39 is 54.3 Å². The van der Waals surface area contributed by atoms with Crippen LogP contribution in [0.3, 0.4) is 0 Å². The van der Waals surface area contributed by atoms with Gasteiger partial charge in [-0.25, -0.2) is 9.59 Å². The first-order valence-electron chi connectivity index (χ1n) is 9.49. The quantitative estimate of drug-likeness (QED) is 0.100. The van der Waals surface area contributed by atoms with Gasteiger partial charge < -0.3 is 37.3 Å². The molecule has 0 rings (SSSR count). The van der Waals surface area contributed by atoms with E-state index in [1.807, 2.05) is 0 Å². The minimum Gasteiger partial charge on any atom is -0.480 e. The lowest BCUT2D eigenvalue weighted by Gasteiger charge is -2.22. The molecule has 3 amide bonds. The second-order valence-corrected chi connectivity index (χ2v) is 6.36. The molecule has 0 unspecified atom stereocenters. The van der Waals surface area contributed by atoms with Crippen LogP contribution in [0, 0.1) is 0 Å². The molecule has 3 atom stereocenters. The van der Waals surface area contributed by atoms with E-state index in [0.29, 0.717) is 19.4 Å². The van der Waals surface area contributed by atoms with E-state index in [2.05, 4.69) is 20.7 Å². The lowest BCUT2D eigenvalue weighted by atomic mass is 10.1. The second-order valence-electron chi connectivity index (χ2n) is 6.36. The second kappa shape index (κ2) is 14.9. The molecule has 0 bridgehead atoms. The Labute approximate surface area is 174 Å². The van der Waals surface area contributed by atoms with Gasteiger partial charge in [0.1, 0.15) is 12.1 Å². The fourth-order valence-electron chi connectivity index (χ4n) is 2.22. The molecule has 0 spiro atoms. The summed E-state index contributed by atoms with van der Waals surface area (Å²) in [6.45, 7) is 1.69. The van der Waals surface area contributed by atoms with Crippen LogP contribution < -0.4 is 27.4 Å². The summed E-state index contributed by atoms with van der Waals surface area (Å²) in [5.74, 6) is -4.14. The fourth-order valence-corrected chi connectivity index (χ4v) is 2.22. The lowest BCUT2D eigenvalue weighted by Crippen LogP contribution is -2.56. The molecule has 170 valence electrons. The van der Waals surface area contributed by atoms with Gasteiger partial charge in [-0.15, -0.1) is 0 Å². The van der Waals surface area contributed by atoms with Crippen LogP contribution in [0.1, 0.15) is 32.6 Å². The number of ether oxygens (including phenoxy) is 1. The summed E-state index contributed by atoms with van der Waals surface area (Å²) in [6.07, 6.45) is 3.73. The first-order valence-corrected chi connectivity index (χ1v) is 9.49. The van der Waals surface area contributed by atoms with Gasteiger partial charge in [0.15, 0.2) is 0 Å². The number of methoxy groups -OCH3 is 1. The van der Waals surface area contributed by atoms with Gasteiger partial charge in [0.2, 0.25) is 17.7 Å². The first-order chi connectivity index (χ1) is 14.2. The normalized spacial score (nSPS) is 13.7. The van der Waals surface area contributed by atoms with Crippen molar-refractivity contribution in [2.45, 2.75) is 50.7 Å². The molecule has 0 heterocycles. The van der Waals surface area contributed by atoms with Crippen molar-refractivity contribution in [2.75, 3.05) is 20.2 Å². The van der Waals surface area contributed by atoms with Gasteiger partial charge in [0.05, 0.1) is 13.2 Å². The van der Waals surface area contributed by atoms with E-state index in [9.17, 15) is 29.1 Å². The highest BCUT2D eigenvalue weighted by Crippen LogP contribution is 2.00. The van der Waals surface area contributed by atoms with Crippen LogP contribution in [-0.4, -0.2) is 73.1 Å². The number of carboxylic acid groups (broad SMARTS) is 1. The van der Waals surface area contributed by atoms with Gasteiger partial charge in [0, 0.05) is 18.7 Å². The summed E-state index contributed by atoms with van der Waals surface area (Å²) >= 11 is 0. The van der Waals surface area contributed by atoms with Crippen LogP contribution >= 0.6 is 0 Å². The fraction of sp³-hybridized carbons (Fsp3) is 0.611. The maximum Gasteiger partial charge on any atom is 0.330 e. The van der Waals surface area contributed by atoms with Gasteiger partial charge in [-0.05, 0) is 25.8 Å². The van der Waals surface area contributed by atoms with Crippen molar-refractivity contribution in [1.29, 1.82) is 0 Å². The van der Waals surface area contributed by atoms with Crippen LogP contribution in [0.25, 0.3) is 0 Å². The third-order valence-corrected chi connectivity index (χ3v) is 4.01. The Morgan fingerprint density at radius 1 is 1.03 bits per heavy atom. The van der Waals surface area contributed by atoms with Crippen LogP contribution in [0.2, 0.25) is 0 Å². The summed E-state index contributed by atoms with van der Waals surface area (Å²) in [4.78, 5) is 58.4. The van der Waals surface area contributed by atoms with Crippen molar-refractivity contribution in [3.8, 4) is 0 Å². The number of aliphatic carboxylic acids is 1. The smallest absolute Gasteiger partial charge is 0.330 e. The maximum atomic E-state index is 12.4. The Kier molecular flexibility index (Phi) is 13.4. The highest BCUT2D eigenvalue weighted by molar-refractivity contribution is 5.95. The molecule has 0 saturated carbocycles. The van der Waals surface area contributed by atoms with Crippen molar-refractivity contribution < 1.29 is 33.8 Å². The van der Waals surface area contributed by atoms with Gasteiger partial charge in [-0.3, -0.25) is 14.4 Å². The van der Waals surface area contributed by atoms with Gasteiger partial charge in [-0.2, -0.15) is 0 Å². The Morgan fingerprint density at radius 2 is 1.67 bits per heavy atom. The number of hydrogen-bond acceptors (Lipinski definition) is 8. The number of nitrogens with two attached hydrogens (primary N) is 2. The van der Waals surface area contributed by atoms with Crippen LogP contribution in [0.5, 0.6) is 0 Å². The molecule has 12 heteroatoms. The Balaban J connectivity index is 4.76. The molecule has 0 fully saturated rings. The topological polar surface area (TPSA) is 203 Å². The number of carboxylic acids is 1. The molecule has 8 N–H and O–H groups in total. The molecule has 0 aromatic carbocycles. The van der Waals surface area contributed by atoms with Crippen LogP contribution in [-0.2, 0) is 28.7 Å². The summed E-state index contributed by atoms with van der Waals surface area (Å²) in [5, 5.41) is 16.3. The molecule has 0 aliphatic rings. The third kappa shape index (κ3) is 11.1. The Hall–Kier alpha value is -2.99. The van der Waals surface area contributed by atoms with E-state index in [0.717, 1.165) is 25.7 Å². The summed E-state index contributed by atoms with van der Waals surface area (Å²) in [7, 11) is 1.14. The van der Waals surface area contributed by atoms with Crippen molar-refractivity contribution in [3.05, 3.63) is 12.2 Å². The highest BCUT2D eigenvalue weighted by Gasteiger charge is 2.27. The molecule has 0 radical (unpaired) electrons. The predicted molar refractivity (Wildman–Crippen MR) is 107 cm³/mol. The van der Waals surface area contributed by atoms with Crippen LogP contribution in [0.15, 0.2) is 12.2 Å². The molecule has 0 aromatic rings. The molecule has 0 aliphatic carbocycles. The van der Waals surface area contributed by atoms with Gasteiger partial charge in [0.25, 0.3) is 0 Å². The number of esters is 1. The number of carbonyl (C=O) groups is 5. The number of unbranched alkanes of at least 4 members (excludes halogenated alkanes) is 1. The minimum absolute atomic E-state index is 0.202. The SMILES string of the molecule is CC[C@H](NC(=O)[C@@H](N)CCCCN)C(=O)N[C@@H](CNC(=O)/C=C/C(=O)OC)C(=O)O. The number of hydrogen-bond donors (Lipinski definition) is 6. The highest BCUT2D eigenvalue weighted by atomic mass is 16.5. The van der Waals surface area contributed by atoms with E-state index in [1.54, 1.807) is 6.92 Å². The van der Waals surface area contributed by atoms with Gasteiger partial charge >= 0.3 is 11.9 Å². The maximum absolute atomic E-state index is 12.4. The number of nitrogens with one attached hydrogen (secondary N) is 3. The standard InChI is InChI=1S/C18H31N5O7/c1-3-12(22-16(26)11(20)6-4-5-9-19)17(27)23-13(18(28)29)10-21-14(24)7-8-15(25)30-2/h7-8,11-13H,3-6,9-10,19-20H2,1-2H3,(H,21,24)(H,22,26)(H,23,27)(H,28,29)/b8-7+/t11-,12-,13-/m0/s1. The molecule has 12 nitrogen and oxygen atoms in total. The molecular formula is C18H31N5O7. The van der Waals surface area contributed by atoms with E-state index in [1.165, 1.54) is 0 Å². The monoisotopic (exact) mass is 429 g/mol. The van der Waals surface area contributed by atoms with Crippen molar-refractivity contribution in [3.63, 3.8) is 0 Å². The average molecular weight is 429 g/mol. The molecular weight excluding hydrogens is 398 g/mol. The van der Waals surface area contributed by atoms with Crippen molar-refractivity contribution in [1.82, 2.24) is 16.0 Å². The Morgan fingerprint density at radius 3 is 2.20 bits per heavy atom. The summed E-state index contributed by atoms with van der Waals surface area (Å²) in [6, 6.07) is -3.25. The Bertz CT molecular complexity index is 638. The van der Waals surface area contributed by atoms with E-state index >= 15 is 0 Å². The summed E-state index contributed by atoms with van der Waals surface area (Å²) in [5.41, 5.74) is 11.2. The zero-order valence-corrected chi connectivity index (χ0v) is 17.2. The number of amides is 3. The third-order valence-electron chi connectivity index (χ3n) is 4.01. The van der Waals surface area contributed by atoms with E-state index in [4.69, 9.17) is 11.5 Å². The zero-order valence-electron chi connectivity index (χ0n) is 17.2. The molecule has 0 aliphatic heterocycles. The average Bonchev–Trinajstić information content (AvgIpc) is 2.72. The molecule has 30 heavy (non-hydrogen) atoms. The lowest BCUT2D eigenvalue weighted by molar-refractivity contribution is -0.142.